The maximum absolute atomic E-state index is 11.9. The van der Waals surface area contributed by atoms with Crippen LogP contribution < -0.4 is 0 Å². The topological polar surface area (TPSA) is 37.3 Å². The van der Waals surface area contributed by atoms with E-state index in [2.05, 4.69) is 19.9 Å². The Morgan fingerprint density at radius 2 is 2.04 bits per heavy atom. The van der Waals surface area contributed by atoms with Crippen molar-refractivity contribution in [1.82, 2.24) is 0 Å². The number of aliphatic hydroxyl groups excluding tert-OH is 1. The molecule has 1 N–H and O–H groups in total. The van der Waals surface area contributed by atoms with Crippen LogP contribution in [-0.4, -0.2) is 17.5 Å². The molecule has 2 heteroatoms. The second-order valence-corrected chi connectivity index (χ2v) is 8.56. The third kappa shape index (κ3) is 2.13. The molecule has 4 unspecified atom stereocenters. The van der Waals surface area contributed by atoms with Crippen LogP contribution >= 0.6 is 0 Å². The fourth-order valence-corrected chi connectivity index (χ4v) is 6.91. The van der Waals surface area contributed by atoms with Gasteiger partial charge in [0.2, 0.25) is 0 Å². The van der Waals surface area contributed by atoms with Crippen LogP contribution in [0.2, 0.25) is 0 Å². The van der Waals surface area contributed by atoms with Crippen LogP contribution in [0.25, 0.3) is 0 Å². The van der Waals surface area contributed by atoms with E-state index in [1.807, 2.05) is 6.08 Å². The Hall–Kier alpha value is -0.890. The first-order valence-corrected chi connectivity index (χ1v) is 9.60. The summed E-state index contributed by atoms with van der Waals surface area (Å²) in [6.07, 6.45) is 11.9. The zero-order valence-corrected chi connectivity index (χ0v) is 14.6. The van der Waals surface area contributed by atoms with Gasteiger partial charge in [0.25, 0.3) is 0 Å². The quantitative estimate of drug-likeness (QED) is 0.733. The van der Waals surface area contributed by atoms with Gasteiger partial charge in [-0.05, 0) is 81.1 Å². The maximum Gasteiger partial charge on any atom is 0.155 e. The van der Waals surface area contributed by atoms with Gasteiger partial charge in [0, 0.05) is 11.8 Å². The third-order valence-electron chi connectivity index (χ3n) is 7.86. The second-order valence-electron chi connectivity index (χ2n) is 8.56. The molecule has 0 aromatic carbocycles. The predicted octanol–water partition coefficient (Wildman–Crippen LogP) is 4.29. The van der Waals surface area contributed by atoms with Gasteiger partial charge in [-0.1, -0.05) is 24.1 Å². The lowest BCUT2D eigenvalue weighted by atomic mass is 9.48. The van der Waals surface area contributed by atoms with Crippen LogP contribution in [0.3, 0.4) is 0 Å². The Morgan fingerprint density at radius 1 is 1.26 bits per heavy atom. The Kier molecular flexibility index (Phi) is 3.79. The van der Waals surface area contributed by atoms with Gasteiger partial charge in [-0.2, -0.15) is 0 Å². The van der Waals surface area contributed by atoms with E-state index in [9.17, 15) is 9.90 Å². The SMILES string of the molecule is CC=C1CCC2C3CCC4=CC(=O)CC[C@]4(CO)C3C[C@@H](C)C12. The number of ketones is 1. The maximum atomic E-state index is 11.9. The summed E-state index contributed by atoms with van der Waals surface area (Å²) in [5.74, 6) is 3.95. The zero-order valence-electron chi connectivity index (χ0n) is 14.6. The first-order chi connectivity index (χ1) is 11.1. The van der Waals surface area contributed by atoms with Crippen molar-refractivity contribution in [2.24, 2.45) is 35.0 Å². The lowest BCUT2D eigenvalue weighted by molar-refractivity contribution is -0.118. The highest BCUT2D eigenvalue weighted by Crippen LogP contribution is 2.63. The second kappa shape index (κ2) is 5.58. The van der Waals surface area contributed by atoms with Gasteiger partial charge >= 0.3 is 0 Å². The fraction of sp³-hybridized carbons (Fsp3) is 0.762. The van der Waals surface area contributed by atoms with E-state index >= 15 is 0 Å². The molecule has 3 fully saturated rings. The molecule has 4 aliphatic carbocycles. The van der Waals surface area contributed by atoms with Crippen molar-refractivity contribution in [2.75, 3.05) is 6.61 Å². The minimum atomic E-state index is -0.0747. The van der Waals surface area contributed by atoms with Crippen LogP contribution in [-0.2, 0) is 4.79 Å². The molecule has 0 amide bonds. The first kappa shape index (κ1) is 15.6. The van der Waals surface area contributed by atoms with Crippen molar-refractivity contribution in [3.63, 3.8) is 0 Å². The summed E-state index contributed by atoms with van der Waals surface area (Å²) in [6.45, 7) is 4.88. The van der Waals surface area contributed by atoms with E-state index in [4.69, 9.17) is 0 Å². The van der Waals surface area contributed by atoms with Gasteiger partial charge in [0.15, 0.2) is 5.78 Å². The molecule has 2 nitrogen and oxygen atoms in total. The summed E-state index contributed by atoms with van der Waals surface area (Å²) in [5.41, 5.74) is 2.90. The number of hydrogen-bond donors (Lipinski definition) is 1. The smallest absolute Gasteiger partial charge is 0.155 e. The number of aliphatic hydroxyl groups is 1. The van der Waals surface area contributed by atoms with Gasteiger partial charge in [-0.3, -0.25) is 4.79 Å². The summed E-state index contributed by atoms with van der Waals surface area (Å²) in [6, 6.07) is 0. The van der Waals surface area contributed by atoms with Crippen molar-refractivity contribution in [3.05, 3.63) is 23.3 Å². The van der Waals surface area contributed by atoms with Crippen LogP contribution in [0.4, 0.5) is 0 Å². The largest absolute Gasteiger partial charge is 0.395 e. The Balaban J connectivity index is 1.72. The molecular formula is C21H30O2. The third-order valence-corrected chi connectivity index (χ3v) is 7.86. The highest BCUT2D eigenvalue weighted by atomic mass is 16.3. The molecule has 0 aromatic heterocycles. The minimum Gasteiger partial charge on any atom is -0.395 e. The normalized spacial score (nSPS) is 47.8. The summed E-state index contributed by atoms with van der Waals surface area (Å²) >= 11 is 0. The lowest BCUT2D eigenvalue weighted by Gasteiger charge is -2.57. The van der Waals surface area contributed by atoms with Gasteiger partial charge < -0.3 is 5.11 Å². The number of carbonyl (C=O) groups excluding carboxylic acids is 1. The zero-order chi connectivity index (χ0) is 16.2. The van der Waals surface area contributed by atoms with Crippen molar-refractivity contribution in [3.8, 4) is 0 Å². The standard InChI is InChI=1S/C21H30O2/c1-3-14-4-6-18-17-7-5-15-11-16(23)8-9-21(15,12-22)19(17)10-13(2)20(14)18/h3,11,13,17-20,22H,4-10,12H2,1-2H3/t13-,17?,18?,19?,20?,21-/m1/s1. The number of hydrogen-bond acceptors (Lipinski definition) is 2. The average molecular weight is 314 g/mol. The minimum absolute atomic E-state index is 0.0747. The van der Waals surface area contributed by atoms with Crippen LogP contribution in [0.15, 0.2) is 23.3 Å². The molecule has 0 aliphatic heterocycles. The molecule has 0 bridgehead atoms. The van der Waals surface area contributed by atoms with E-state index in [1.54, 1.807) is 5.57 Å². The van der Waals surface area contributed by atoms with Gasteiger partial charge in [-0.25, -0.2) is 0 Å². The molecule has 0 spiro atoms. The van der Waals surface area contributed by atoms with E-state index in [0.29, 0.717) is 12.3 Å². The number of fused-ring (bicyclic) bond motifs is 5. The number of carbonyl (C=O) groups is 1. The summed E-state index contributed by atoms with van der Waals surface area (Å²) in [5, 5.41) is 10.4. The molecule has 23 heavy (non-hydrogen) atoms. The van der Waals surface area contributed by atoms with Crippen molar-refractivity contribution in [1.29, 1.82) is 0 Å². The molecule has 0 saturated heterocycles. The molecule has 0 radical (unpaired) electrons. The highest BCUT2D eigenvalue weighted by Gasteiger charge is 2.56. The van der Waals surface area contributed by atoms with Gasteiger partial charge in [0.05, 0.1) is 6.61 Å². The van der Waals surface area contributed by atoms with Crippen LogP contribution in [0.5, 0.6) is 0 Å². The van der Waals surface area contributed by atoms with E-state index in [0.717, 1.165) is 36.5 Å². The molecule has 4 rings (SSSR count). The van der Waals surface area contributed by atoms with Crippen molar-refractivity contribution in [2.45, 2.75) is 58.8 Å². The monoisotopic (exact) mass is 314 g/mol. The Morgan fingerprint density at radius 3 is 2.78 bits per heavy atom. The number of rotatable bonds is 1. The Bertz CT molecular complexity index is 572. The molecule has 3 saturated carbocycles. The van der Waals surface area contributed by atoms with Gasteiger partial charge in [-0.15, -0.1) is 0 Å². The average Bonchev–Trinajstić information content (AvgIpc) is 2.99. The first-order valence-electron chi connectivity index (χ1n) is 9.60. The predicted molar refractivity (Wildman–Crippen MR) is 91.8 cm³/mol. The lowest BCUT2D eigenvalue weighted by Crippen LogP contribution is -2.52. The molecule has 0 aromatic rings. The molecule has 4 aliphatic rings. The molecule has 0 heterocycles. The van der Waals surface area contributed by atoms with Crippen LogP contribution in [0, 0.1) is 35.0 Å². The van der Waals surface area contributed by atoms with Crippen molar-refractivity contribution < 1.29 is 9.90 Å². The highest BCUT2D eigenvalue weighted by molar-refractivity contribution is 5.91. The molecular weight excluding hydrogens is 284 g/mol. The van der Waals surface area contributed by atoms with Crippen LogP contribution in [0.1, 0.15) is 58.8 Å². The molecule has 126 valence electrons. The summed E-state index contributed by atoms with van der Waals surface area (Å²) in [4.78, 5) is 11.9. The van der Waals surface area contributed by atoms with E-state index in [-0.39, 0.29) is 17.8 Å². The Labute approximate surface area is 140 Å². The summed E-state index contributed by atoms with van der Waals surface area (Å²) < 4.78 is 0. The van der Waals surface area contributed by atoms with E-state index < -0.39 is 0 Å². The van der Waals surface area contributed by atoms with Gasteiger partial charge in [0.1, 0.15) is 0 Å². The van der Waals surface area contributed by atoms with Crippen molar-refractivity contribution >= 4 is 5.78 Å². The molecule has 6 atom stereocenters. The fourth-order valence-electron chi connectivity index (χ4n) is 6.91. The number of allylic oxidation sites excluding steroid dienone is 2. The summed E-state index contributed by atoms with van der Waals surface area (Å²) in [7, 11) is 0. The van der Waals surface area contributed by atoms with E-state index in [1.165, 1.54) is 31.3 Å².